The summed E-state index contributed by atoms with van der Waals surface area (Å²) in [6, 6.07) is 20.6. The highest BCUT2D eigenvalue weighted by Crippen LogP contribution is 2.23. The van der Waals surface area contributed by atoms with Gasteiger partial charge in [-0.1, -0.05) is 124 Å². The minimum absolute atomic E-state index is 0.00971. The molecule has 5 aromatic carbocycles. The number of carbonyl (C=O) groups is 13. The fourth-order valence-electron chi connectivity index (χ4n) is 12.6. The molecule has 1 aromatic heterocycles. The van der Waals surface area contributed by atoms with Gasteiger partial charge in [-0.25, -0.2) is 9.59 Å². The van der Waals surface area contributed by atoms with Crippen molar-refractivity contribution >= 4 is 111 Å². The number of rotatable bonds is 40. The van der Waals surface area contributed by atoms with Gasteiger partial charge in [0.05, 0.1) is 6.61 Å². The number of unbranched alkanes of at least 4 members (excludes halogenated alkanes) is 1. The maximum absolute atomic E-state index is 15.4. The van der Waals surface area contributed by atoms with E-state index in [0.29, 0.717) is 70.0 Å². The van der Waals surface area contributed by atoms with E-state index in [2.05, 4.69) is 79.4 Å². The summed E-state index contributed by atoms with van der Waals surface area (Å²) in [7, 11) is 2.85. The van der Waals surface area contributed by atoms with Crippen molar-refractivity contribution in [3.63, 3.8) is 0 Å². The number of fused-ring (bicyclic) bond motifs is 1. The van der Waals surface area contributed by atoms with Gasteiger partial charge >= 0.3 is 12.1 Å². The molecule has 6 aromatic rings. The Labute approximate surface area is 656 Å². The molecule has 15 amide bonds. The average molecular weight is 1560 g/mol. The van der Waals surface area contributed by atoms with E-state index in [1.807, 2.05) is 70.2 Å². The van der Waals surface area contributed by atoms with Crippen LogP contribution in [-0.2, 0) is 84.8 Å². The molecule has 112 heavy (non-hydrogen) atoms. The smallest absolute Gasteiger partial charge is 0.318 e. The van der Waals surface area contributed by atoms with E-state index < -0.39 is 144 Å². The van der Waals surface area contributed by atoms with Crippen molar-refractivity contribution in [2.45, 2.75) is 179 Å². The van der Waals surface area contributed by atoms with Crippen molar-refractivity contribution in [2.24, 2.45) is 11.7 Å². The molecule has 1 aliphatic rings. The van der Waals surface area contributed by atoms with Crippen LogP contribution in [0.15, 0.2) is 140 Å². The van der Waals surface area contributed by atoms with Crippen LogP contribution in [0.2, 0.25) is 5.02 Å². The highest BCUT2D eigenvalue weighted by atomic mass is 35.5. The zero-order valence-corrected chi connectivity index (χ0v) is 65.0. The molecule has 32 heteroatoms. The molecule has 0 aliphatic carbocycles. The number of aromatic nitrogens is 1. The average Bonchev–Trinajstić information content (AvgIpc) is 1.18. The first-order valence-corrected chi connectivity index (χ1v) is 37.8. The molecule has 1 saturated heterocycles. The van der Waals surface area contributed by atoms with E-state index in [1.54, 1.807) is 72.8 Å². The molecule has 1 fully saturated rings. The summed E-state index contributed by atoms with van der Waals surface area (Å²) in [6.45, 7) is 9.94. The number of aliphatic hydroxyl groups excluding tert-OH is 1. The second-order valence-electron chi connectivity index (χ2n) is 28.4. The summed E-state index contributed by atoms with van der Waals surface area (Å²) >= 11 is 6.27. The Morgan fingerprint density at radius 1 is 0.509 bits per heavy atom. The molecule has 2 heterocycles. The fraction of sp³-hybridized carbons (Fsp3) is 0.425. The molecule has 7 rings (SSSR count). The number of nitrogens with zero attached hydrogens (tertiary/aromatic N) is 2. The van der Waals surface area contributed by atoms with Crippen molar-refractivity contribution in [1.82, 2.24) is 73.7 Å². The van der Waals surface area contributed by atoms with Gasteiger partial charge in [-0.05, 0) is 139 Å². The quantitative estimate of drug-likeness (QED) is 0.0246. The number of urea groups is 2. The van der Waals surface area contributed by atoms with Gasteiger partial charge in [0.25, 0.3) is 0 Å². The number of hydrogen-bond donors (Lipinski definition) is 16. The monoisotopic (exact) mass is 1560 g/mol. The van der Waals surface area contributed by atoms with Crippen LogP contribution < -0.4 is 80.2 Å². The van der Waals surface area contributed by atoms with Crippen LogP contribution in [0.3, 0.4) is 0 Å². The molecule has 1 aliphatic heterocycles. The number of pyridine rings is 1. The first-order valence-electron chi connectivity index (χ1n) is 37.4. The van der Waals surface area contributed by atoms with E-state index in [4.69, 9.17) is 17.3 Å². The lowest BCUT2D eigenvalue weighted by Crippen LogP contribution is -2.62. The van der Waals surface area contributed by atoms with Gasteiger partial charge < -0.3 is 90.2 Å². The standard InChI is InChI=1S/C80H104ClN17O14/c1-46(2)37-61(70(102)91-60(18-11-12-35-86-47(3)4)78(110)98-36-14-19-68(98)77(109)87-48(5)69(82)101)92-72(104)64(40-51-23-30-58(31-24-51)89-79(111)83-7)94-74(106)65(41-52-25-32-59(33-26-52)90-80(112)84-8)96-76(108)67(45-99)97-75(107)66(43-54-15-13-34-85-44-54)95-73(105)63(39-50-21-28-57(81)29-22-50)93-71(103)62(88-49(6)100)42-53-20-27-55-16-9-10-17-56(55)38-53/h9-10,13,15-17,20-34,38,44,46-48,60-68,86,99H,11-12,14,18-19,35-37,39-43,45H2,1-8H3,(H2,82,101)(H,87,109)(H,88,100)(H,91,102)(H,92,104)(H,93,103)(H,94,106)(H,95,105)(H,96,108)(H,97,107)(H2,83,89,111)(H2,84,90,112)/t48-,60+,61+,62-,63-,64-,65+,66-,67+,68+/m1/s1. The summed E-state index contributed by atoms with van der Waals surface area (Å²) in [4.78, 5) is 188. The minimum atomic E-state index is -1.86. The molecule has 0 bridgehead atoms. The lowest BCUT2D eigenvalue weighted by atomic mass is 9.99. The summed E-state index contributed by atoms with van der Waals surface area (Å²) in [6.07, 6.45) is 3.84. The van der Waals surface area contributed by atoms with Crippen molar-refractivity contribution in [3.8, 4) is 0 Å². The second kappa shape index (κ2) is 43.7. The highest BCUT2D eigenvalue weighted by molar-refractivity contribution is 6.30. The van der Waals surface area contributed by atoms with E-state index >= 15 is 9.59 Å². The van der Waals surface area contributed by atoms with Crippen LogP contribution in [0.4, 0.5) is 21.0 Å². The van der Waals surface area contributed by atoms with E-state index in [9.17, 15) is 57.8 Å². The van der Waals surface area contributed by atoms with Crippen LogP contribution >= 0.6 is 11.6 Å². The van der Waals surface area contributed by atoms with Crippen molar-refractivity contribution in [2.75, 3.05) is 44.4 Å². The normalized spacial score (nSPS) is 14.9. The molecule has 10 atom stereocenters. The Hall–Kier alpha value is -11.6. The number of anilines is 2. The number of aliphatic hydroxyl groups is 1. The topological polar surface area (TPSA) is 453 Å². The Morgan fingerprint density at radius 2 is 0.955 bits per heavy atom. The number of primary amides is 1. The van der Waals surface area contributed by atoms with Gasteiger partial charge in [-0.15, -0.1) is 0 Å². The Morgan fingerprint density at radius 3 is 1.43 bits per heavy atom. The largest absolute Gasteiger partial charge is 0.394 e. The Bertz CT molecular complexity index is 4230. The lowest BCUT2D eigenvalue weighted by molar-refractivity contribution is -0.142. The predicted octanol–water partition coefficient (Wildman–Crippen LogP) is 2.99. The van der Waals surface area contributed by atoms with Crippen LogP contribution in [0, 0.1) is 5.92 Å². The highest BCUT2D eigenvalue weighted by Gasteiger charge is 2.41. The number of benzene rings is 5. The van der Waals surface area contributed by atoms with Crippen LogP contribution in [0.25, 0.3) is 10.8 Å². The number of carbonyl (C=O) groups excluding carboxylic acids is 13. The van der Waals surface area contributed by atoms with E-state index in [-0.39, 0.29) is 69.9 Å². The molecule has 17 N–H and O–H groups in total. The number of halogens is 1. The number of nitrogens with two attached hydrogens (primary N) is 1. The summed E-state index contributed by atoms with van der Waals surface area (Å²) in [5, 5.41) is 51.4. The van der Waals surface area contributed by atoms with Gasteiger partial charge in [0.15, 0.2) is 0 Å². The molecular formula is C80H104ClN17O14. The molecule has 0 saturated carbocycles. The van der Waals surface area contributed by atoms with Crippen LogP contribution in [0.5, 0.6) is 0 Å². The predicted molar refractivity (Wildman–Crippen MR) is 423 cm³/mol. The Balaban J connectivity index is 1.19. The van der Waals surface area contributed by atoms with E-state index in [0.717, 1.165) is 10.8 Å². The first kappa shape index (κ1) is 87.7. The summed E-state index contributed by atoms with van der Waals surface area (Å²) in [5.41, 5.74) is 8.66. The van der Waals surface area contributed by atoms with Crippen molar-refractivity contribution in [3.05, 3.63) is 173 Å². The maximum Gasteiger partial charge on any atom is 0.318 e. The first-order chi connectivity index (χ1) is 53.5. The van der Waals surface area contributed by atoms with Crippen LogP contribution in [0.1, 0.15) is 108 Å². The lowest BCUT2D eigenvalue weighted by Gasteiger charge is -2.31. The third-order valence-electron chi connectivity index (χ3n) is 18.6. The summed E-state index contributed by atoms with van der Waals surface area (Å²) in [5.74, 6) is -9.14. The Kier molecular flexibility index (Phi) is 34.2. The second-order valence-corrected chi connectivity index (χ2v) is 28.8. The third kappa shape index (κ3) is 28.1. The molecule has 600 valence electrons. The van der Waals surface area contributed by atoms with Gasteiger partial charge in [0.2, 0.25) is 65.0 Å². The van der Waals surface area contributed by atoms with Crippen molar-refractivity contribution in [1.29, 1.82) is 0 Å². The molecule has 0 spiro atoms. The molecule has 31 nitrogen and oxygen atoms in total. The van der Waals surface area contributed by atoms with Gasteiger partial charge in [0.1, 0.15) is 60.4 Å². The van der Waals surface area contributed by atoms with Crippen LogP contribution in [-0.4, -0.2) is 192 Å². The third-order valence-corrected chi connectivity index (χ3v) is 18.9. The van der Waals surface area contributed by atoms with E-state index in [1.165, 1.54) is 57.4 Å². The number of amides is 15. The zero-order valence-electron chi connectivity index (χ0n) is 64.2. The zero-order chi connectivity index (χ0) is 81.6. The number of nitrogens with one attached hydrogen (secondary N) is 14. The maximum atomic E-state index is 15.4. The summed E-state index contributed by atoms with van der Waals surface area (Å²) < 4.78 is 0. The molecular weight excluding hydrogens is 1460 g/mol. The number of hydrogen-bond acceptors (Lipinski definition) is 16. The minimum Gasteiger partial charge on any atom is -0.394 e. The molecule has 0 unspecified atom stereocenters. The number of likely N-dealkylation sites (tertiary alicyclic amines) is 1. The van der Waals surface area contributed by atoms with Gasteiger partial charge in [0, 0.05) is 94.5 Å². The van der Waals surface area contributed by atoms with Crippen molar-refractivity contribution < 1.29 is 67.4 Å². The fourth-order valence-corrected chi connectivity index (χ4v) is 12.7. The SMILES string of the molecule is CNC(=O)Nc1ccc(C[C@H](NC(=O)[C@H](CO)NC(=O)[C@@H](Cc2cccnc2)NC(=O)[C@@H](Cc2ccc(Cl)cc2)NC(=O)[C@@H](Cc2ccc3ccccc3c2)NC(C)=O)C(=O)N[C@H](Cc2ccc(NC(=O)NC)cc2)C(=O)N[C@@H](CC(C)C)C(=O)N[C@@H](CCCCNC(C)C)C(=O)N2CCC[C@H]2C(=O)N[C@H](C)C(N)=O)cc1. The van der Waals surface area contributed by atoms with Gasteiger partial charge in [-0.3, -0.25) is 57.7 Å². The van der Waals surface area contributed by atoms with Gasteiger partial charge in [-0.2, -0.15) is 0 Å². The molecule has 0 radical (unpaired) electrons.